The minimum atomic E-state index is 0.194. The van der Waals surface area contributed by atoms with Crippen LogP contribution in [0.5, 0.6) is 0 Å². The number of thioether (sulfide) groups is 1. The van der Waals surface area contributed by atoms with Crippen LogP contribution in [0.2, 0.25) is 0 Å². The molecule has 0 fully saturated rings. The number of aromatic nitrogens is 2. The summed E-state index contributed by atoms with van der Waals surface area (Å²) in [6, 6.07) is 0.194. The van der Waals surface area contributed by atoms with Crippen molar-refractivity contribution in [1.82, 2.24) is 15.2 Å². The Morgan fingerprint density at radius 1 is 1.56 bits per heavy atom. The normalized spacial score (nSPS) is 15.0. The third-order valence-corrected chi connectivity index (χ3v) is 4.13. The first-order valence-corrected chi connectivity index (χ1v) is 6.86. The second-order valence-electron chi connectivity index (χ2n) is 3.90. The summed E-state index contributed by atoms with van der Waals surface area (Å²) in [6.07, 6.45) is 5.14. The van der Waals surface area contributed by atoms with Crippen molar-refractivity contribution in [3.05, 3.63) is 18.0 Å². The Hall–Kier alpha value is -0.520. The summed E-state index contributed by atoms with van der Waals surface area (Å²) in [4.78, 5) is 0. The van der Waals surface area contributed by atoms with Gasteiger partial charge in [-0.25, -0.2) is 0 Å². The SMILES string of the molecule is CCC(C)SCC(NN)c1cnn(CC)c1. The van der Waals surface area contributed by atoms with Gasteiger partial charge in [0.2, 0.25) is 0 Å². The quantitative estimate of drug-likeness (QED) is 0.567. The van der Waals surface area contributed by atoms with Crippen LogP contribution in [0.15, 0.2) is 12.4 Å². The highest BCUT2D eigenvalue weighted by Gasteiger charge is 2.13. The van der Waals surface area contributed by atoms with Gasteiger partial charge in [0.25, 0.3) is 0 Å². The van der Waals surface area contributed by atoms with E-state index in [0.717, 1.165) is 12.3 Å². The third-order valence-electron chi connectivity index (χ3n) is 2.70. The molecule has 1 rings (SSSR count). The Labute approximate surface area is 102 Å². The van der Waals surface area contributed by atoms with Crippen LogP contribution in [0, 0.1) is 0 Å². The molecule has 2 unspecified atom stereocenters. The van der Waals surface area contributed by atoms with E-state index in [1.54, 1.807) is 0 Å². The number of hydrazine groups is 1. The smallest absolute Gasteiger partial charge is 0.0581 e. The summed E-state index contributed by atoms with van der Waals surface area (Å²) in [5.74, 6) is 6.57. The Balaban J connectivity index is 2.53. The third kappa shape index (κ3) is 3.81. The Morgan fingerprint density at radius 3 is 2.81 bits per heavy atom. The molecule has 1 aromatic rings. The van der Waals surface area contributed by atoms with Crippen LogP contribution in [-0.4, -0.2) is 20.8 Å². The molecule has 0 aromatic carbocycles. The summed E-state index contributed by atoms with van der Waals surface area (Å²) in [5, 5.41) is 4.94. The minimum Gasteiger partial charge on any atom is -0.273 e. The fourth-order valence-corrected chi connectivity index (χ4v) is 2.40. The first kappa shape index (κ1) is 13.5. The summed E-state index contributed by atoms with van der Waals surface area (Å²) in [7, 11) is 0. The van der Waals surface area contributed by atoms with Crippen molar-refractivity contribution < 1.29 is 0 Å². The number of nitrogens with zero attached hydrogens (tertiary/aromatic N) is 2. The van der Waals surface area contributed by atoms with Crippen molar-refractivity contribution in [3.63, 3.8) is 0 Å². The van der Waals surface area contributed by atoms with Crippen molar-refractivity contribution in [3.8, 4) is 0 Å². The molecule has 4 nitrogen and oxygen atoms in total. The van der Waals surface area contributed by atoms with E-state index in [1.807, 2.05) is 22.6 Å². The Bertz CT molecular complexity index is 300. The first-order valence-electron chi connectivity index (χ1n) is 5.81. The highest BCUT2D eigenvalue weighted by Crippen LogP contribution is 2.21. The number of hydrogen-bond donors (Lipinski definition) is 2. The molecule has 92 valence electrons. The summed E-state index contributed by atoms with van der Waals surface area (Å²) in [5.41, 5.74) is 4.03. The van der Waals surface area contributed by atoms with E-state index < -0.39 is 0 Å². The summed E-state index contributed by atoms with van der Waals surface area (Å²) in [6.45, 7) is 7.43. The second-order valence-corrected chi connectivity index (χ2v) is 5.37. The van der Waals surface area contributed by atoms with Crippen LogP contribution in [0.25, 0.3) is 0 Å². The molecule has 5 heteroatoms. The van der Waals surface area contributed by atoms with E-state index in [1.165, 1.54) is 12.0 Å². The lowest BCUT2D eigenvalue weighted by Crippen LogP contribution is -2.29. The van der Waals surface area contributed by atoms with Gasteiger partial charge in [0.1, 0.15) is 0 Å². The molecule has 0 aliphatic carbocycles. The van der Waals surface area contributed by atoms with Gasteiger partial charge in [0.15, 0.2) is 0 Å². The predicted molar refractivity (Wildman–Crippen MR) is 70.2 cm³/mol. The van der Waals surface area contributed by atoms with Crippen molar-refractivity contribution in [2.75, 3.05) is 5.75 Å². The van der Waals surface area contributed by atoms with E-state index in [0.29, 0.717) is 5.25 Å². The molecule has 2 atom stereocenters. The number of rotatable bonds is 7. The zero-order valence-corrected chi connectivity index (χ0v) is 11.1. The number of hydrogen-bond acceptors (Lipinski definition) is 4. The molecule has 0 radical (unpaired) electrons. The standard InChI is InChI=1S/C11H22N4S/c1-4-9(3)16-8-11(14-12)10-6-13-15(5-2)7-10/h6-7,9,11,14H,4-5,8,12H2,1-3H3. The monoisotopic (exact) mass is 242 g/mol. The maximum atomic E-state index is 5.58. The number of nitrogens with two attached hydrogens (primary N) is 1. The van der Waals surface area contributed by atoms with Crippen molar-refractivity contribution >= 4 is 11.8 Å². The average molecular weight is 242 g/mol. The van der Waals surface area contributed by atoms with Gasteiger partial charge in [-0.3, -0.25) is 16.0 Å². The zero-order chi connectivity index (χ0) is 12.0. The fourth-order valence-electron chi connectivity index (χ4n) is 1.35. The molecule has 0 amide bonds. The molecular weight excluding hydrogens is 220 g/mol. The van der Waals surface area contributed by atoms with Gasteiger partial charge in [0.05, 0.1) is 12.2 Å². The summed E-state index contributed by atoms with van der Waals surface area (Å²) < 4.78 is 1.92. The molecule has 3 N–H and O–H groups in total. The largest absolute Gasteiger partial charge is 0.273 e. The van der Waals surface area contributed by atoms with E-state index in [2.05, 4.69) is 37.5 Å². The van der Waals surface area contributed by atoms with Gasteiger partial charge in [-0.2, -0.15) is 16.9 Å². The summed E-state index contributed by atoms with van der Waals surface area (Å²) >= 11 is 1.94. The van der Waals surface area contributed by atoms with Crippen LogP contribution in [0.1, 0.15) is 38.8 Å². The van der Waals surface area contributed by atoms with E-state index >= 15 is 0 Å². The van der Waals surface area contributed by atoms with Gasteiger partial charge in [-0.15, -0.1) is 0 Å². The number of aryl methyl sites for hydroxylation is 1. The second kappa shape index (κ2) is 6.93. The van der Waals surface area contributed by atoms with Gasteiger partial charge < -0.3 is 0 Å². The van der Waals surface area contributed by atoms with Crippen LogP contribution < -0.4 is 11.3 Å². The molecule has 0 aliphatic rings. The fraction of sp³-hybridized carbons (Fsp3) is 0.727. The van der Waals surface area contributed by atoms with Crippen LogP contribution in [0.4, 0.5) is 0 Å². The molecule has 0 spiro atoms. The van der Waals surface area contributed by atoms with E-state index in [-0.39, 0.29) is 6.04 Å². The molecule has 0 saturated heterocycles. The lowest BCUT2D eigenvalue weighted by atomic mass is 10.2. The Morgan fingerprint density at radius 2 is 2.31 bits per heavy atom. The zero-order valence-electron chi connectivity index (χ0n) is 10.3. The van der Waals surface area contributed by atoms with Gasteiger partial charge in [-0.1, -0.05) is 13.8 Å². The average Bonchev–Trinajstić information content (AvgIpc) is 2.78. The number of nitrogens with one attached hydrogen (secondary N) is 1. The van der Waals surface area contributed by atoms with Crippen molar-refractivity contribution in [2.45, 2.75) is 45.0 Å². The van der Waals surface area contributed by atoms with Crippen molar-refractivity contribution in [1.29, 1.82) is 0 Å². The molecule has 16 heavy (non-hydrogen) atoms. The highest BCUT2D eigenvalue weighted by atomic mass is 32.2. The Kier molecular flexibility index (Phi) is 5.87. The lowest BCUT2D eigenvalue weighted by molar-refractivity contribution is 0.606. The maximum absolute atomic E-state index is 5.58. The van der Waals surface area contributed by atoms with Crippen LogP contribution in [0.3, 0.4) is 0 Å². The van der Waals surface area contributed by atoms with Gasteiger partial charge in [-0.05, 0) is 13.3 Å². The van der Waals surface area contributed by atoms with E-state index in [4.69, 9.17) is 5.84 Å². The molecule has 1 aromatic heterocycles. The van der Waals surface area contributed by atoms with Crippen molar-refractivity contribution in [2.24, 2.45) is 5.84 Å². The molecule has 1 heterocycles. The minimum absolute atomic E-state index is 0.194. The van der Waals surface area contributed by atoms with E-state index in [9.17, 15) is 0 Å². The van der Waals surface area contributed by atoms with Gasteiger partial charge >= 0.3 is 0 Å². The molecule has 0 bridgehead atoms. The molecule has 0 saturated carbocycles. The van der Waals surface area contributed by atoms with Crippen LogP contribution in [-0.2, 0) is 6.54 Å². The first-order chi connectivity index (χ1) is 7.71. The lowest BCUT2D eigenvalue weighted by Gasteiger charge is -2.16. The van der Waals surface area contributed by atoms with Gasteiger partial charge in [0, 0.05) is 29.3 Å². The molecular formula is C11H22N4S. The maximum Gasteiger partial charge on any atom is 0.0581 e. The highest BCUT2D eigenvalue weighted by molar-refractivity contribution is 7.99. The topological polar surface area (TPSA) is 55.9 Å². The van der Waals surface area contributed by atoms with Crippen LogP contribution >= 0.6 is 11.8 Å². The molecule has 0 aliphatic heterocycles. The predicted octanol–water partition coefficient (Wildman–Crippen LogP) is 1.94.